The second-order valence-electron chi connectivity index (χ2n) is 4.98. The molecule has 108 valence electrons. The lowest BCUT2D eigenvalue weighted by atomic mass is 10.1. The Kier molecular flexibility index (Phi) is 3.84. The predicted octanol–water partition coefficient (Wildman–Crippen LogP) is 3.70. The predicted molar refractivity (Wildman–Crippen MR) is 86.8 cm³/mol. The van der Waals surface area contributed by atoms with Crippen LogP contribution in [0.4, 0.5) is 11.4 Å². The van der Waals surface area contributed by atoms with Gasteiger partial charge in [-0.3, -0.25) is 4.79 Å². The summed E-state index contributed by atoms with van der Waals surface area (Å²) < 4.78 is 6.43. The first-order chi connectivity index (χ1) is 10.1. The highest BCUT2D eigenvalue weighted by Crippen LogP contribution is 2.29. The van der Waals surface area contributed by atoms with Crippen LogP contribution in [0.2, 0.25) is 0 Å². The highest BCUT2D eigenvalue weighted by atomic mass is 79.9. The van der Waals surface area contributed by atoms with E-state index >= 15 is 0 Å². The van der Waals surface area contributed by atoms with Crippen molar-refractivity contribution < 1.29 is 9.53 Å². The van der Waals surface area contributed by atoms with E-state index in [1.807, 2.05) is 24.3 Å². The van der Waals surface area contributed by atoms with Crippen LogP contribution in [-0.4, -0.2) is 12.5 Å². The molecule has 0 atom stereocenters. The second-order valence-corrected chi connectivity index (χ2v) is 5.84. The zero-order valence-corrected chi connectivity index (χ0v) is 13.2. The fourth-order valence-corrected chi connectivity index (χ4v) is 2.53. The lowest BCUT2D eigenvalue weighted by Gasteiger charge is -2.18. The molecule has 0 saturated heterocycles. The number of anilines is 2. The molecule has 2 aromatic carbocycles. The van der Waals surface area contributed by atoms with Gasteiger partial charge in [0.05, 0.1) is 5.69 Å². The fourth-order valence-electron chi connectivity index (χ4n) is 2.15. The van der Waals surface area contributed by atoms with Gasteiger partial charge in [-0.15, -0.1) is 0 Å². The Balaban J connectivity index is 1.72. The molecule has 1 aliphatic rings. The molecule has 21 heavy (non-hydrogen) atoms. The minimum atomic E-state index is -0.116. The minimum absolute atomic E-state index is 0.0853. The highest BCUT2D eigenvalue weighted by molar-refractivity contribution is 9.10. The maximum Gasteiger partial charge on any atom is 0.262 e. The maximum absolute atomic E-state index is 11.3. The second kappa shape index (κ2) is 5.77. The Labute approximate surface area is 131 Å². The molecule has 4 nitrogen and oxygen atoms in total. The highest BCUT2D eigenvalue weighted by Gasteiger charge is 2.15. The van der Waals surface area contributed by atoms with Crippen LogP contribution >= 0.6 is 15.9 Å². The van der Waals surface area contributed by atoms with E-state index in [0.29, 0.717) is 6.54 Å². The van der Waals surface area contributed by atoms with Gasteiger partial charge in [-0.2, -0.15) is 0 Å². The number of hydrogen-bond donors (Lipinski definition) is 2. The van der Waals surface area contributed by atoms with Gasteiger partial charge in [0.1, 0.15) is 5.75 Å². The summed E-state index contributed by atoms with van der Waals surface area (Å²) >= 11 is 3.52. The topological polar surface area (TPSA) is 50.4 Å². The van der Waals surface area contributed by atoms with Gasteiger partial charge in [-0.25, -0.2) is 0 Å². The van der Waals surface area contributed by atoms with Crippen LogP contribution < -0.4 is 15.4 Å². The van der Waals surface area contributed by atoms with E-state index in [1.54, 1.807) is 0 Å². The fraction of sp³-hybridized carbons (Fsp3) is 0.188. The molecule has 5 heteroatoms. The van der Waals surface area contributed by atoms with Crippen molar-refractivity contribution in [3.8, 4) is 5.75 Å². The summed E-state index contributed by atoms with van der Waals surface area (Å²) in [6.07, 6.45) is 0. The van der Waals surface area contributed by atoms with Gasteiger partial charge >= 0.3 is 0 Å². The molecule has 2 aromatic rings. The zero-order valence-electron chi connectivity index (χ0n) is 11.6. The molecule has 0 saturated carbocycles. The molecule has 0 radical (unpaired) electrons. The summed E-state index contributed by atoms with van der Waals surface area (Å²) in [4.78, 5) is 11.3. The van der Waals surface area contributed by atoms with E-state index in [0.717, 1.165) is 27.2 Å². The number of carbonyl (C=O) groups is 1. The number of fused-ring (bicyclic) bond motifs is 1. The number of nitrogens with one attached hydrogen (secondary N) is 2. The first-order valence-corrected chi connectivity index (χ1v) is 7.47. The number of rotatable bonds is 3. The van der Waals surface area contributed by atoms with E-state index in [4.69, 9.17) is 4.74 Å². The molecule has 0 unspecified atom stereocenters. The van der Waals surface area contributed by atoms with Crippen LogP contribution in [0.3, 0.4) is 0 Å². The third kappa shape index (κ3) is 3.19. The lowest BCUT2D eigenvalue weighted by molar-refractivity contribution is -0.118. The van der Waals surface area contributed by atoms with E-state index in [2.05, 4.69) is 45.6 Å². The molecule has 0 aliphatic carbocycles. The van der Waals surface area contributed by atoms with E-state index in [1.165, 1.54) is 5.56 Å². The van der Waals surface area contributed by atoms with Crippen molar-refractivity contribution >= 4 is 33.2 Å². The molecular formula is C16H15BrN2O2. The first-order valence-electron chi connectivity index (χ1n) is 6.67. The van der Waals surface area contributed by atoms with E-state index in [9.17, 15) is 4.79 Å². The van der Waals surface area contributed by atoms with Crippen LogP contribution in [0.5, 0.6) is 5.75 Å². The minimum Gasteiger partial charge on any atom is -0.482 e. The molecule has 1 amide bonds. The molecule has 1 aliphatic heterocycles. The third-order valence-electron chi connectivity index (χ3n) is 3.35. The standard InChI is InChI=1S/C16H15BrN2O2/c1-10-2-4-12(7-13(10)17)18-8-11-3-5-15-14(6-11)19-16(20)9-21-15/h2-7,18H,8-9H2,1H3,(H,19,20). The molecule has 0 bridgehead atoms. The SMILES string of the molecule is Cc1ccc(NCc2ccc3c(c2)NC(=O)CO3)cc1Br. The number of hydrogen-bond acceptors (Lipinski definition) is 3. The first kappa shape index (κ1) is 13.9. The van der Waals surface area contributed by atoms with Crippen molar-refractivity contribution in [2.75, 3.05) is 17.2 Å². The largest absolute Gasteiger partial charge is 0.482 e. The molecule has 0 aromatic heterocycles. The van der Waals surface area contributed by atoms with Crippen LogP contribution in [0.1, 0.15) is 11.1 Å². The number of amides is 1. The Morgan fingerprint density at radius 1 is 1.29 bits per heavy atom. The number of ether oxygens (including phenoxy) is 1. The summed E-state index contributed by atoms with van der Waals surface area (Å²) in [6.45, 7) is 2.82. The summed E-state index contributed by atoms with van der Waals surface area (Å²) in [6, 6.07) is 12.0. The Bertz CT molecular complexity index is 701. The van der Waals surface area contributed by atoms with Gasteiger partial charge in [0, 0.05) is 16.7 Å². The molecule has 0 spiro atoms. The van der Waals surface area contributed by atoms with E-state index < -0.39 is 0 Å². The quantitative estimate of drug-likeness (QED) is 0.890. The van der Waals surface area contributed by atoms with Crippen LogP contribution in [0.15, 0.2) is 40.9 Å². The smallest absolute Gasteiger partial charge is 0.262 e. The average Bonchev–Trinajstić information content (AvgIpc) is 2.48. The van der Waals surface area contributed by atoms with Crippen LogP contribution in [0, 0.1) is 6.92 Å². The number of benzene rings is 2. The van der Waals surface area contributed by atoms with Crippen molar-refractivity contribution in [2.24, 2.45) is 0 Å². The average molecular weight is 347 g/mol. The van der Waals surface area contributed by atoms with Crippen molar-refractivity contribution in [2.45, 2.75) is 13.5 Å². The Morgan fingerprint density at radius 2 is 2.14 bits per heavy atom. The van der Waals surface area contributed by atoms with E-state index in [-0.39, 0.29) is 12.5 Å². The van der Waals surface area contributed by atoms with Crippen molar-refractivity contribution in [1.82, 2.24) is 0 Å². The van der Waals surface area contributed by atoms with Gasteiger partial charge in [0.25, 0.3) is 5.91 Å². The van der Waals surface area contributed by atoms with Crippen molar-refractivity contribution in [1.29, 1.82) is 0 Å². The summed E-state index contributed by atoms with van der Waals surface area (Å²) in [5.41, 5.74) is 4.06. The lowest BCUT2D eigenvalue weighted by Crippen LogP contribution is -2.25. The molecule has 3 rings (SSSR count). The van der Waals surface area contributed by atoms with Gasteiger partial charge in [0.2, 0.25) is 0 Å². The molecule has 0 fully saturated rings. The molecule has 1 heterocycles. The zero-order chi connectivity index (χ0) is 14.8. The number of halogens is 1. The van der Waals surface area contributed by atoms with Gasteiger partial charge in [0.15, 0.2) is 6.61 Å². The monoisotopic (exact) mass is 346 g/mol. The van der Waals surface area contributed by atoms with Gasteiger partial charge < -0.3 is 15.4 Å². The van der Waals surface area contributed by atoms with Crippen molar-refractivity contribution in [3.05, 3.63) is 52.0 Å². The third-order valence-corrected chi connectivity index (χ3v) is 4.20. The van der Waals surface area contributed by atoms with Crippen molar-refractivity contribution in [3.63, 3.8) is 0 Å². The van der Waals surface area contributed by atoms with Gasteiger partial charge in [-0.1, -0.05) is 28.1 Å². The summed E-state index contributed by atoms with van der Waals surface area (Å²) in [5, 5.41) is 6.18. The van der Waals surface area contributed by atoms with Gasteiger partial charge in [-0.05, 0) is 42.3 Å². The van der Waals surface area contributed by atoms with Crippen LogP contribution in [-0.2, 0) is 11.3 Å². The maximum atomic E-state index is 11.3. The summed E-state index contributed by atoms with van der Waals surface area (Å²) in [7, 11) is 0. The Hall–Kier alpha value is -2.01. The summed E-state index contributed by atoms with van der Waals surface area (Å²) in [5.74, 6) is 0.603. The number of aryl methyl sites for hydroxylation is 1. The normalized spacial score (nSPS) is 13.1. The molecule has 2 N–H and O–H groups in total. The molecular weight excluding hydrogens is 332 g/mol. The number of carbonyl (C=O) groups excluding carboxylic acids is 1. The van der Waals surface area contributed by atoms with Crippen LogP contribution in [0.25, 0.3) is 0 Å². The Morgan fingerprint density at radius 3 is 2.95 bits per heavy atom.